The van der Waals surface area contributed by atoms with Crippen molar-refractivity contribution in [1.82, 2.24) is 0 Å². The van der Waals surface area contributed by atoms with Gasteiger partial charge in [-0.05, 0) is 24.3 Å². The minimum Gasteiger partial charge on any atom is -0.223 e. The molecular formula is C10H11NO2S2. The molecule has 0 spiro atoms. The van der Waals surface area contributed by atoms with Gasteiger partial charge >= 0.3 is 0 Å². The maximum atomic E-state index is 12.1. The second kappa shape index (κ2) is 3.95. The van der Waals surface area contributed by atoms with Crippen molar-refractivity contribution in [2.45, 2.75) is 28.7 Å². The summed E-state index contributed by atoms with van der Waals surface area (Å²) in [4.78, 5) is 0. The smallest absolute Gasteiger partial charge is 0.191 e. The Morgan fingerprint density at radius 2 is 2.27 bits per heavy atom. The van der Waals surface area contributed by atoms with Crippen LogP contribution in [0.25, 0.3) is 0 Å². The molecule has 0 bridgehead atoms. The van der Waals surface area contributed by atoms with Crippen molar-refractivity contribution in [2.24, 2.45) is 5.92 Å². The van der Waals surface area contributed by atoms with Gasteiger partial charge in [0.05, 0.1) is 17.2 Å². The molecule has 3 nitrogen and oxygen atoms in total. The van der Waals surface area contributed by atoms with Gasteiger partial charge in [-0.25, -0.2) is 8.42 Å². The van der Waals surface area contributed by atoms with Crippen LogP contribution in [0.15, 0.2) is 21.7 Å². The Morgan fingerprint density at radius 1 is 1.47 bits per heavy atom. The average Bonchev–Trinajstić information content (AvgIpc) is 2.89. The van der Waals surface area contributed by atoms with Crippen LogP contribution in [-0.4, -0.2) is 13.7 Å². The van der Waals surface area contributed by atoms with Crippen LogP contribution in [0.3, 0.4) is 0 Å². The highest BCUT2D eigenvalue weighted by Gasteiger charge is 2.38. The van der Waals surface area contributed by atoms with Crippen LogP contribution in [0.2, 0.25) is 0 Å². The van der Waals surface area contributed by atoms with E-state index in [1.807, 2.05) is 0 Å². The molecule has 80 valence electrons. The summed E-state index contributed by atoms with van der Waals surface area (Å²) in [6.45, 7) is 0. The summed E-state index contributed by atoms with van der Waals surface area (Å²) in [6, 6.07) is 5.46. The van der Waals surface area contributed by atoms with E-state index in [4.69, 9.17) is 5.26 Å². The number of hydrogen-bond donors (Lipinski definition) is 0. The number of sulfone groups is 1. The molecule has 0 amide bonds. The molecule has 0 aromatic carbocycles. The van der Waals surface area contributed by atoms with Crippen LogP contribution in [-0.2, 0) is 9.84 Å². The number of nitrogens with zero attached hydrogens (tertiary/aromatic N) is 1. The van der Waals surface area contributed by atoms with Crippen LogP contribution in [0, 0.1) is 17.2 Å². The highest BCUT2D eigenvalue weighted by Crippen LogP contribution is 2.35. The Balaban J connectivity index is 2.35. The monoisotopic (exact) mass is 241 g/mol. The zero-order valence-corrected chi connectivity index (χ0v) is 9.72. The largest absolute Gasteiger partial charge is 0.223 e. The van der Waals surface area contributed by atoms with E-state index in [1.165, 1.54) is 11.3 Å². The van der Waals surface area contributed by atoms with Crippen molar-refractivity contribution in [3.05, 3.63) is 17.5 Å². The lowest BCUT2D eigenvalue weighted by molar-refractivity contribution is 0.567. The van der Waals surface area contributed by atoms with E-state index in [1.54, 1.807) is 17.5 Å². The van der Waals surface area contributed by atoms with Crippen molar-refractivity contribution in [2.75, 3.05) is 0 Å². The third-order valence-corrected chi connectivity index (χ3v) is 6.50. The van der Waals surface area contributed by atoms with Gasteiger partial charge in [0.1, 0.15) is 4.21 Å². The Labute approximate surface area is 93.3 Å². The molecule has 1 aliphatic rings. The van der Waals surface area contributed by atoms with Crippen molar-refractivity contribution in [3.63, 3.8) is 0 Å². The van der Waals surface area contributed by atoms with E-state index in [2.05, 4.69) is 6.07 Å². The van der Waals surface area contributed by atoms with Gasteiger partial charge in [0.25, 0.3) is 0 Å². The fourth-order valence-electron chi connectivity index (χ4n) is 2.02. The van der Waals surface area contributed by atoms with Gasteiger partial charge in [-0.15, -0.1) is 11.3 Å². The molecule has 0 N–H and O–H groups in total. The Kier molecular flexibility index (Phi) is 2.81. The summed E-state index contributed by atoms with van der Waals surface area (Å²) in [5, 5.41) is 10.2. The van der Waals surface area contributed by atoms with Gasteiger partial charge in [0, 0.05) is 0 Å². The van der Waals surface area contributed by atoms with E-state index < -0.39 is 15.1 Å². The topological polar surface area (TPSA) is 57.9 Å². The zero-order valence-electron chi connectivity index (χ0n) is 8.09. The Morgan fingerprint density at radius 3 is 2.87 bits per heavy atom. The van der Waals surface area contributed by atoms with E-state index in [0.29, 0.717) is 17.1 Å². The van der Waals surface area contributed by atoms with Gasteiger partial charge in [-0.3, -0.25) is 0 Å². The molecule has 1 saturated carbocycles. The van der Waals surface area contributed by atoms with Crippen molar-refractivity contribution in [1.29, 1.82) is 5.26 Å². The Bertz CT molecular complexity index is 470. The van der Waals surface area contributed by atoms with Crippen molar-refractivity contribution >= 4 is 21.2 Å². The molecule has 5 heteroatoms. The molecule has 2 rings (SSSR count). The highest BCUT2D eigenvalue weighted by atomic mass is 32.2. The van der Waals surface area contributed by atoms with Crippen LogP contribution in [0.1, 0.15) is 19.3 Å². The molecule has 2 unspecified atom stereocenters. The van der Waals surface area contributed by atoms with Gasteiger partial charge < -0.3 is 0 Å². The second-order valence-corrected chi connectivity index (χ2v) is 7.02. The van der Waals surface area contributed by atoms with Crippen LogP contribution in [0.4, 0.5) is 0 Å². The summed E-state index contributed by atoms with van der Waals surface area (Å²) in [5.41, 5.74) is 0. The lowest BCUT2D eigenvalue weighted by Gasteiger charge is -2.12. The first-order valence-corrected chi connectivity index (χ1v) is 7.26. The SMILES string of the molecule is N#CC1CCCC1S(=O)(=O)c1cccs1. The predicted molar refractivity (Wildman–Crippen MR) is 58.2 cm³/mol. The quantitative estimate of drug-likeness (QED) is 0.797. The predicted octanol–water partition coefficient (Wildman–Crippen LogP) is 2.21. The zero-order chi connectivity index (χ0) is 10.9. The molecule has 1 heterocycles. The van der Waals surface area contributed by atoms with Gasteiger partial charge in [0.15, 0.2) is 9.84 Å². The van der Waals surface area contributed by atoms with Gasteiger partial charge in [-0.2, -0.15) is 5.26 Å². The van der Waals surface area contributed by atoms with E-state index in [0.717, 1.165) is 6.42 Å². The molecule has 0 saturated heterocycles. The molecule has 1 aromatic rings. The lowest BCUT2D eigenvalue weighted by Crippen LogP contribution is -2.23. The van der Waals surface area contributed by atoms with E-state index >= 15 is 0 Å². The second-order valence-electron chi connectivity index (χ2n) is 3.68. The standard InChI is InChI=1S/C10H11NO2S2/c11-7-8-3-1-4-9(8)15(12,13)10-5-2-6-14-10/h2,5-6,8-9H,1,3-4H2. The van der Waals surface area contributed by atoms with Crippen LogP contribution >= 0.6 is 11.3 Å². The van der Waals surface area contributed by atoms with Crippen LogP contribution in [0.5, 0.6) is 0 Å². The third kappa shape index (κ3) is 1.80. The van der Waals surface area contributed by atoms with Gasteiger partial charge in [0.2, 0.25) is 0 Å². The maximum absolute atomic E-state index is 12.1. The van der Waals surface area contributed by atoms with Crippen molar-refractivity contribution < 1.29 is 8.42 Å². The molecule has 1 aromatic heterocycles. The van der Waals surface area contributed by atoms with Gasteiger partial charge in [-0.1, -0.05) is 12.5 Å². The average molecular weight is 241 g/mol. The summed E-state index contributed by atoms with van der Waals surface area (Å²) in [6.07, 6.45) is 2.18. The van der Waals surface area contributed by atoms with E-state index in [9.17, 15) is 8.42 Å². The van der Waals surface area contributed by atoms with E-state index in [-0.39, 0.29) is 5.92 Å². The highest BCUT2D eigenvalue weighted by molar-refractivity contribution is 7.94. The maximum Gasteiger partial charge on any atom is 0.191 e. The fourth-order valence-corrected chi connectivity index (χ4v) is 5.22. The van der Waals surface area contributed by atoms with Crippen LogP contribution < -0.4 is 0 Å². The minimum atomic E-state index is -3.26. The number of thiophene rings is 1. The number of rotatable bonds is 2. The summed E-state index contributed by atoms with van der Waals surface area (Å²) in [7, 11) is -3.26. The number of hydrogen-bond acceptors (Lipinski definition) is 4. The minimum absolute atomic E-state index is 0.322. The normalized spacial score (nSPS) is 26.3. The molecule has 15 heavy (non-hydrogen) atoms. The lowest BCUT2D eigenvalue weighted by atomic mass is 10.1. The molecular weight excluding hydrogens is 230 g/mol. The Hall–Kier alpha value is -0.860. The molecule has 0 aliphatic heterocycles. The summed E-state index contributed by atoms with van der Waals surface area (Å²) in [5.74, 6) is -0.322. The van der Waals surface area contributed by atoms with Crippen molar-refractivity contribution in [3.8, 4) is 6.07 Å². The number of nitriles is 1. The molecule has 1 fully saturated rings. The molecule has 2 atom stereocenters. The summed E-state index contributed by atoms with van der Waals surface area (Å²) < 4.78 is 24.6. The first kappa shape index (κ1) is 10.7. The summed E-state index contributed by atoms with van der Waals surface area (Å²) >= 11 is 1.23. The first-order chi connectivity index (χ1) is 7.16. The molecule has 1 aliphatic carbocycles. The fraction of sp³-hybridized carbons (Fsp3) is 0.500. The molecule has 0 radical (unpaired) electrons. The third-order valence-electron chi connectivity index (χ3n) is 2.79. The first-order valence-electron chi connectivity index (χ1n) is 4.83.